The zero-order valence-corrected chi connectivity index (χ0v) is 13.8. The molecule has 0 aliphatic heterocycles. The van der Waals surface area contributed by atoms with Crippen molar-refractivity contribution < 1.29 is 14.2 Å². The largest absolute Gasteiger partial charge is 0.493 e. The van der Waals surface area contributed by atoms with E-state index in [1.54, 1.807) is 14.2 Å². The summed E-state index contributed by atoms with van der Waals surface area (Å²) in [5, 5.41) is 3.33. The van der Waals surface area contributed by atoms with E-state index in [0.29, 0.717) is 12.5 Å². The lowest BCUT2D eigenvalue weighted by molar-refractivity contribution is 0.199. The van der Waals surface area contributed by atoms with Gasteiger partial charge >= 0.3 is 0 Å². The molecule has 0 radical (unpaired) electrons. The van der Waals surface area contributed by atoms with Crippen LogP contribution in [0.2, 0.25) is 0 Å². The summed E-state index contributed by atoms with van der Waals surface area (Å²) in [5.74, 6) is 2.22. The first-order valence-corrected chi connectivity index (χ1v) is 7.74. The second kappa shape index (κ2) is 10.5. The SMILES string of the molecule is CCC(CC)COc1cc(CNCCOC)ccc1OC. The number of benzene rings is 1. The van der Waals surface area contributed by atoms with Crippen molar-refractivity contribution in [3.05, 3.63) is 23.8 Å². The summed E-state index contributed by atoms with van der Waals surface area (Å²) in [6.07, 6.45) is 2.27. The van der Waals surface area contributed by atoms with Gasteiger partial charge in [0.2, 0.25) is 0 Å². The molecule has 4 heteroatoms. The van der Waals surface area contributed by atoms with Crippen molar-refractivity contribution in [2.75, 3.05) is 34.0 Å². The molecule has 0 aliphatic carbocycles. The van der Waals surface area contributed by atoms with E-state index in [4.69, 9.17) is 14.2 Å². The molecule has 1 aromatic carbocycles. The molecule has 0 saturated carbocycles. The van der Waals surface area contributed by atoms with Crippen LogP contribution in [0.15, 0.2) is 18.2 Å². The van der Waals surface area contributed by atoms with Crippen molar-refractivity contribution in [3.8, 4) is 11.5 Å². The highest BCUT2D eigenvalue weighted by Crippen LogP contribution is 2.29. The Balaban J connectivity index is 2.62. The van der Waals surface area contributed by atoms with Gasteiger partial charge in [-0.25, -0.2) is 0 Å². The van der Waals surface area contributed by atoms with Crippen LogP contribution in [0, 0.1) is 5.92 Å². The summed E-state index contributed by atoms with van der Waals surface area (Å²) in [6.45, 7) is 7.50. The molecule has 1 rings (SSSR count). The van der Waals surface area contributed by atoms with E-state index in [1.807, 2.05) is 6.07 Å². The van der Waals surface area contributed by atoms with Crippen molar-refractivity contribution in [2.45, 2.75) is 33.2 Å². The van der Waals surface area contributed by atoms with Gasteiger partial charge in [-0.15, -0.1) is 0 Å². The first-order chi connectivity index (χ1) is 10.2. The van der Waals surface area contributed by atoms with Gasteiger partial charge < -0.3 is 19.5 Å². The van der Waals surface area contributed by atoms with Crippen LogP contribution in [0.3, 0.4) is 0 Å². The molecule has 0 unspecified atom stereocenters. The molecule has 1 N–H and O–H groups in total. The second-order valence-corrected chi connectivity index (χ2v) is 5.15. The lowest BCUT2D eigenvalue weighted by atomic mass is 10.1. The molecule has 0 aromatic heterocycles. The molecule has 1 aromatic rings. The van der Waals surface area contributed by atoms with Crippen LogP contribution in [-0.4, -0.2) is 34.0 Å². The Morgan fingerprint density at radius 1 is 1.10 bits per heavy atom. The van der Waals surface area contributed by atoms with Gasteiger partial charge in [-0.2, -0.15) is 0 Å². The minimum Gasteiger partial charge on any atom is -0.493 e. The zero-order chi connectivity index (χ0) is 15.5. The van der Waals surface area contributed by atoms with E-state index in [2.05, 4.69) is 31.3 Å². The molecule has 21 heavy (non-hydrogen) atoms. The van der Waals surface area contributed by atoms with E-state index in [0.717, 1.165) is 44.0 Å². The molecule has 0 aliphatic rings. The lowest BCUT2D eigenvalue weighted by Crippen LogP contribution is -2.18. The molecule has 0 spiro atoms. The second-order valence-electron chi connectivity index (χ2n) is 5.15. The van der Waals surface area contributed by atoms with Crippen LogP contribution in [0.5, 0.6) is 11.5 Å². The fourth-order valence-corrected chi connectivity index (χ4v) is 2.08. The van der Waals surface area contributed by atoms with Crippen molar-refractivity contribution >= 4 is 0 Å². The summed E-state index contributed by atoms with van der Waals surface area (Å²) in [6, 6.07) is 6.08. The van der Waals surface area contributed by atoms with Gasteiger partial charge in [0.1, 0.15) is 0 Å². The molecule has 4 nitrogen and oxygen atoms in total. The number of hydrogen-bond donors (Lipinski definition) is 1. The Bertz CT molecular complexity index is 392. The Hall–Kier alpha value is -1.26. The van der Waals surface area contributed by atoms with Crippen LogP contribution in [-0.2, 0) is 11.3 Å². The molecular weight excluding hydrogens is 266 g/mol. The highest BCUT2D eigenvalue weighted by Gasteiger charge is 2.09. The van der Waals surface area contributed by atoms with E-state index in [9.17, 15) is 0 Å². The van der Waals surface area contributed by atoms with Crippen LogP contribution < -0.4 is 14.8 Å². The van der Waals surface area contributed by atoms with Crippen molar-refractivity contribution in [1.29, 1.82) is 0 Å². The third kappa shape index (κ3) is 6.36. The maximum absolute atomic E-state index is 5.96. The number of nitrogens with one attached hydrogen (secondary N) is 1. The van der Waals surface area contributed by atoms with Gasteiger partial charge in [0, 0.05) is 20.2 Å². The van der Waals surface area contributed by atoms with Crippen LogP contribution in [0.4, 0.5) is 0 Å². The van der Waals surface area contributed by atoms with E-state index >= 15 is 0 Å². The molecule has 0 fully saturated rings. The smallest absolute Gasteiger partial charge is 0.161 e. The summed E-state index contributed by atoms with van der Waals surface area (Å²) in [5.41, 5.74) is 1.19. The average molecular weight is 295 g/mol. The van der Waals surface area contributed by atoms with Crippen LogP contribution >= 0.6 is 0 Å². The van der Waals surface area contributed by atoms with Crippen molar-refractivity contribution in [2.24, 2.45) is 5.92 Å². The van der Waals surface area contributed by atoms with Gasteiger partial charge in [0.25, 0.3) is 0 Å². The fraction of sp³-hybridized carbons (Fsp3) is 0.647. The Morgan fingerprint density at radius 2 is 1.86 bits per heavy atom. The molecular formula is C17H29NO3. The Kier molecular flexibility index (Phi) is 8.87. The van der Waals surface area contributed by atoms with E-state index in [-0.39, 0.29) is 0 Å². The monoisotopic (exact) mass is 295 g/mol. The maximum atomic E-state index is 5.96. The third-order valence-electron chi connectivity index (χ3n) is 3.67. The highest BCUT2D eigenvalue weighted by atomic mass is 16.5. The minimum absolute atomic E-state index is 0.596. The minimum atomic E-state index is 0.596. The highest BCUT2D eigenvalue weighted by molar-refractivity contribution is 5.42. The van der Waals surface area contributed by atoms with Gasteiger partial charge in [-0.05, 0) is 23.6 Å². The van der Waals surface area contributed by atoms with Crippen LogP contribution in [0.25, 0.3) is 0 Å². The Morgan fingerprint density at radius 3 is 2.48 bits per heavy atom. The number of ether oxygens (including phenoxy) is 3. The summed E-state index contributed by atoms with van der Waals surface area (Å²) < 4.78 is 16.4. The van der Waals surface area contributed by atoms with Crippen molar-refractivity contribution in [3.63, 3.8) is 0 Å². The van der Waals surface area contributed by atoms with Crippen molar-refractivity contribution in [1.82, 2.24) is 5.32 Å². The van der Waals surface area contributed by atoms with E-state index < -0.39 is 0 Å². The molecule has 0 heterocycles. The van der Waals surface area contributed by atoms with Gasteiger partial charge in [-0.3, -0.25) is 0 Å². The fourth-order valence-electron chi connectivity index (χ4n) is 2.08. The molecule has 0 amide bonds. The number of methoxy groups -OCH3 is 2. The number of hydrogen-bond acceptors (Lipinski definition) is 4. The predicted octanol–water partition coefficient (Wildman–Crippen LogP) is 3.25. The zero-order valence-electron chi connectivity index (χ0n) is 13.8. The molecule has 0 atom stereocenters. The predicted molar refractivity (Wildman–Crippen MR) is 86.1 cm³/mol. The van der Waals surface area contributed by atoms with Gasteiger partial charge in [0.05, 0.1) is 20.3 Å². The van der Waals surface area contributed by atoms with Crippen LogP contribution in [0.1, 0.15) is 32.3 Å². The first-order valence-electron chi connectivity index (χ1n) is 7.74. The topological polar surface area (TPSA) is 39.7 Å². The lowest BCUT2D eigenvalue weighted by Gasteiger charge is -2.16. The van der Waals surface area contributed by atoms with Gasteiger partial charge in [-0.1, -0.05) is 32.8 Å². The van der Waals surface area contributed by atoms with Gasteiger partial charge in [0.15, 0.2) is 11.5 Å². The first kappa shape index (κ1) is 17.8. The molecule has 120 valence electrons. The standard InChI is InChI=1S/C17H29NO3/c1-5-14(6-2)13-21-17-11-15(7-8-16(17)20-4)12-18-9-10-19-3/h7-8,11,14,18H,5-6,9-10,12-13H2,1-4H3. The summed E-state index contributed by atoms with van der Waals surface area (Å²) in [7, 11) is 3.38. The summed E-state index contributed by atoms with van der Waals surface area (Å²) in [4.78, 5) is 0. The van der Waals surface area contributed by atoms with E-state index in [1.165, 1.54) is 5.56 Å². The maximum Gasteiger partial charge on any atom is 0.161 e. The molecule has 0 saturated heterocycles. The normalized spacial score (nSPS) is 10.9. The average Bonchev–Trinajstić information content (AvgIpc) is 2.52. The third-order valence-corrected chi connectivity index (χ3v) is 3.67. The summed E-state index contributed by atoms with van der Waals surface area (Å²) >= 11 is 0. The molecule has 0 bridgehead atoms. The Labute approximate surface area is 128 Å². The number of rotatable bonds is 11. The quantitative estimate of drug-likeness (QED) is 0.636.